The summed E-state index contributed by atoms with van der Waals surface area (Å²) in [6, 6.07) is 18.2. The number of alkyl halides is 1. The Bertz CT molecular complexity index is 651. The number of halogens is 1. The van der Waals surface area contributed by atoms with Gasteiger partial charge >= 0.3 is 0 Å². The van der Waals surface area contributed by atoms with Gasteiger partial charge in [0.15, 0.2) is 0 Å². The molecule has 20 heavy (non-hydrogen) atoms. The summed E-state index contributed by atoms with van der Waals surface area (Å²) in [5.41, 5.74) is 2.67. The highest BCUT2D eigenvalue weighted by Gasteiger charge is 2.39. The van der Waals surface area contributed by atoms with Crippen LogP contribution in [0, 0.1) is 0 Å². The minimum Gasteiger partial charge on any atom is -0.465 e. The van der Waals surface area contributed by atoms with Crippen LogP contribution in [-0.2, 0) is 10.3 Å². The number of hydrogen-bond acceptors (Lipinski definition) is 2. The summed E-state index contributed by atoms with van der Waals surface area (Å²) < 4.78 is 6.25. The molecule has 102 valence electrons. The Morgan fingerprint density at radius 2 is 1.70 bits per heavy atom. The molecular formula is C17H16BrNO. The van der Waals surface area contributed by atoms with Crippen molar-refractivity contribution in [2.45, 2.75) is 24.3 Å². The zero-order valence-electron chi connectivity index (χ0n) is 11.5. The van der Waals surface area contributed by atoms with Crippen LogP contribution < -0.4 is 0 Å². The summed E-state index contributed by atoms with van der Waals surface area (Å²) in [6.07, 6.45) is 0. The molecule has 0 aromatic heterocycles. The quantitative estimate of drug-likeness (QED) is 0.725. The van der Waals surface area contributed by atoms with Gasteiger partial charge in [0.2, 0.25) is 5.90 Å². The third-order valence-electron chi connectivity index (χ3n) is 3.75. The van der Waals surface area contributed by atoms with E-state index in [0.717, 1.165) is 16.8 Å². The number of aliphatic imine (C=N–C) groups is 1. The Balaban J connectivity index is 2.15. The number of hydrogen-bond donors (Lipinski definition) is 0. The summed E-state index contributed by atoms with van der Waals surface area (Å²) in [6.45, 7) is 4.20. The first-order valence-corrected chi connectivity index (χ1v) is 7.59. The van der Waals surface area contributed by atoms with Crippen molar-refractivity contribution in [3.63, 3.8) is 0 Å². The lowest BCUT2D eigenvalue weighted by Crippen LogP contribution is -2.38. The molecule has 2 atom stereocenters. The van der Waals surface area contributed by atoms with Gasteiger partial charge in [0.1, 0.15) is 5.60 Å². The third-order valence-corrected chi connectivity index (χ3v) is 4.62. The van der Waals surface area contributed by atoms with E-state index < -0.39 is 5.60 Å². The lowest BCUT2D eigenvalue weighted by Gasteiger charge is -2.37. The number of nitrogens with zero attached hydrogens (tertiary/aromatic N) is 1. The van der Waals surface area contributed by atoms with Crippen molar-refractivity contribution in [3.05, 3.63) is 65.7 Å². The summed E-state index contributed by atoms with van der Waals surface area (Å²) >= 11 is 3.68. The van der Waals surface area contributed by atoms with Gasteiger partial charge in [-0.2, -0.15) is 0 Å². The van der Waals surface area contributed by atoms with Crippen LogP contribution in [0.2, 0.25) is 0 Å². The van der Waals surface area contributed by atoms with Gasteiger partial charge in [0.05, 0.1) is 10.5 Å². The largest absolute Gasteiger partial charge is 0.465 e. The van der Waals surface area contributed by atoms with Gasteiger partial charge < -0.3 is 4.74 Å². The average Bonchev–Trinajstić information content (AvgIpc) is 2.48. The topological polar surface area (TPSA) is 21.6 Å². The highest BCUT2D eigenvalue weighted by molar-refractivity contribution is 9.09. The number of fused-ring (bicyclic) bond motifs is 1. The lowest BCUT2D eigenvalue weighted by molar-refractivity contribution is 0.0739. The Labute approximate surface area is 127 Å². The molecule has 0 unspecified atom stereocenters. The van der Waals surface area contributed by atoms with Crippen LogP contribution >= 0.6 is 15.9 Å². The van der Waals surface area contributed by atoms with Crippen LogP contribution in [0.25, 0.3) is 0 Å². The Kier molecular flexibility index (Phi) is 3.38. The van der Waals surface area contributed by atoms with Crippen molar-refractivity contribution in [3.8, 4) is 0 Å². The van der Waals surface area contributed by atoms with E-state index in [1.807, 2.05) is 48.5 Å². The van der Waals surface area contributed by atoms with Gasteiger partial charge in [-0.3, -0.25) is 0 Å². The normalized spacial score (nSPS) is 22.4. The molecule has 2 aromatic rings. The predicted octanol–water partition coefficient (Wildman–Crippen LogP) is 4.79. The van der Waals surface area contributed by atoms with Gasteiger partial charge in [-0.05, 0) is 32.0 Å². The molecule has 1 aliphatic rings. The molecule has 0 saturated carbocycles. The molecule has 2 aromatic carbocycles. The fourth-order valence-electron chi connectivity index (χ4n) is 2.38. The van der Waals surface area contributed by atoms with E-state index in [2.05, 4.69) is 40.8 Å². The van der Waals surface area contributed by atoms with Crippen molar-refractivity contribution in [1.82, 2.24) is 0 Å². The number of para-hydroxylation sites is 1. The molecule has 0 radical (unpaired) electrons. The molecule has 0 amide bonds. The first kappa shape index (κ1) is 13.4. The molecule has 3 rings (SSSR count). The Hall–Kier alpha value is -1.61. The zero-order valence-corrected chi connectivity index (χ0v) is 13.1. The van der Waals surface area contributed by atoms with E-state index in [1.54, 1.807) is 0 Å². The van der Waals surface area contributed by atoms with E-state index in [9.17, 15) is 0 Å². The molecule has 1 aliphatic heterocycles. The van der Waals surface area contributed by atoms with Crippen molar-refractivity contribution < 1.29 is 4.74 Å². The second kappa shape index (κ2) is 5.06. The summed E-state index contributed by atoms with van der Waals surface area (Å²) in [5, 5.41) is 0. The Morgan fingerprint density at radius 1 is 1.05 bits per heavy atom. The van der Waals surface area contributed by atoms with E-state index in [-0.39, 0.29) is 4.83 Å². The smallest absolute Gasteiger partial charge is 0.222 e. The molecule has 0 aliphatic carbocycles. The van der Waals surface area contributed by atoms with Crippen LogP contribution in [0.5, 0.6) is 0 Å². The number of ether oxygens (including phenoxy) is 1. The highest BCUT2D eigenvalue weighted by atomic mass is 79.9. The first-order chi connectivity index (χ1) is 9.61. The van der Waals surface area contributed by atoms with Gasteiger partial charge in [-0.15, -0.1) is 0 Å². The molecule has 2 nitrogen and oxygen atoms in total. The lowest BCUT2D eigenvalue weighted by atomic mass is 9.90. The fraction of sp³-hybridized carbons (Fsp3) is 0.235. The molecule has 0 saturated heterocycles. The first-order valence-electron chi connectivity index (χ1n) is 6.68. The highest BCUT2D eigenvalue weighted by Crippen LogP contribution is 2.42. The maximum absolute atomic E-state index is 6.25. The second-order valence-corrected chi connectivity index (χ2v) is 6.50. The summed E-state index contributed by atoms with van der Waals surface area (Å²) in [5.74, 6) is 0.679. The summed E-state index contributed by atoms with van der Waals surface area (Å²) in [7, 11) is 0. The average molecular weight is 330 g/mol. The monoisotopic (exact) mass is 329 g/mol. The number of benzene rings is 2. The standard InChI is InChI=1S/C17H16BrNO/c1-12(18)17(2)14-10-6-7-11-15(14)19-16(20-17)13-8-4-3-5-9-13/h3-12H,1-2H3/t12-,17-/m0/s1. The molecule has 0 fully saturated rings. The van der Waals surface area contributed by atoms with Crippen LogP contribution in [0.1, 0.15) is 25.0 Å². The zero-order chi connectivity index (χ0) is 14.2. The van der Waals surface area contributed by atoms with E-state index >= 15 is 0 Å². The van der Waals surface area contributed by atoms with E-state index in [0.29, 0.717) is 5.90 Å². The van der Waals surface area contributed by atoms with Gasteiger partial charge in [-0.1, -0.05) is 52.3 Å². The van der Waals surface area contributed by atoms with Crippen LogP contribution in [0.3, 0.4) is 0 Å². The van der Waals surface area contributed by atoms with Crippen molar-refractivity contribution in [1.29, 1.82) is 0 Å². The van der Waals surface area contributed by atoms with Crippen molar-refractivity contribution in [2.75, 3.05) is 0 Å². The maximum atomic E-state index is 6.25. The fourth-order valence-corrected chi connectivity index (χ4v) is 2.72. The number of rotatable bonds is 2. The molecule has 0 spiro atoms. The predicted molar refractivity (Wildman–Crippen MR) is 85.9 cm³/mol. The van der Waals surface area contributed by atoms with Crippen LogP contribution in [0.4, 0.5) is 5.69 Å². The summed E-state index contributed by atoms with van der Waals surface area (Å²) in [4.78, 5) is 4.84. The molecule has 0 bridgehead atoms. The minimum absolute atomic E-state index is 0.172. The van der Waals surface area contributed by atoms with E-state index in [1.165, 1.54) is 0 Å². The van der Waals surface area contributed by atoms with Gasteiger partial charge in [-0.25, -0.2) is 4.99 Å². The molecule has 1 heterocycles. The SMILES string of the molecule is C[C@H](Br)[C@]1(C)OC(c2ccccc2)=Nc2ccccc21. The molecule has 3 heteroatoms. The van der Waals surface area contributed by atoms with E-state index in [4.69, 9.17) is 4.74 Å². The third kappa shape index (κ3) is 2.16. The van der Waals surface area contributed by atoms with Gasteiger partial charge in [0, 0.05) is 11.1 Å². The van der Waals surface area contributed by atoms with Crippen molar-refractivity contribution in [2.24, 2.45) is 4.99 Å². The Morgan fingerprint density at radius 3 is 2.40 bits per heavy atom. The van der Waals surface area contributed by atoms with Crippen molar-refractivity contribution >= 4 is 27.5 Å². The minimum atomic E-state index is -0.427. The second-order valence-electron chi connectivity index (χ2n) is 5.13. The van der Waals surface area contributed by atoms with Gasteiger partial charge in [0.25, 0.3) is 0 Å². The van der Waals surface area contributed by atoms with Crippen LogP contribution in [-0.4, -0.2) is 10.7 Å². The van der Waals surface area contributed by atoms with Crippen LogP contribution in [0.15, 0.2) is 59.6 Å². The molecule has 0 N–H and O–H groups in total. The maximum Gasteiger partial charge on any atom is 0.222 e. The molecular weight excluding hydrogens is 314 g/mol.